The predicted molar refractivity (Wildman–Crippen MR) is 135 cm³/mol. The van der Waals surface area contributed by atoms with Crippen molar-refractivity contribution in [1.82, 2.24) is 19.7 Å². The van der Waals surface area contributed by atoms with Gasteiger partial charge in [-0.1, -0.05) is 13.0 Å². The number of aryl methyl sites for hydroxylation is 1. The molecule has 11 heteroatoms. The first kappa shape index (κ1) is 29.0. The van der Waals surface area contributed by atoms with Gasteiger partial charge in [0.15, 0.2) is 5.69 Å². The highest BCUT2D eigenvalue weighted by Gasteiger charge is 2.36. The smallest absolute Gasteiger partial charge is 0.348 e. The molecule has 2 heterocycles. The van der Waals surface area contributed by atoms with E-state index in [1.54, 1.807) is 20.1 Å². The minimum Gasteiger partial charge on any atom is -0.348 e. The molecule has 0 fully saturated rings. The Hall–Kier alpha value is -3.21. The van der Waals surface area contributed by atoms with E-state index in [0.717, 1.165) is 18.1 Å². The number of pyridine rings is 1. The molecule has 2 aromatic rings. The fourth-order valence-electron chi connectivity index (χ4n) is 3.41. The molecule has 2 aromatic heterocycles. The van der Waals surface area contributed by atoms with E-state index in [-0.39, 0.29) is 30.3 Å². The molecule has 0 bridgehead atoms. The third kappa shape index (κ3) is 7.91. The lowest BCUT2D eigenvalue weighted by Gasteiger charge is -2.28. The Bertz CT molecular complexity index is 1180. The van der Waals surface area contributed by atoms with Crippen molar-refractivity contribution in [2.75, 3.05) is 0 Å². The van der Waals surface area contributed by atoms with E-state index >= 15 is 0 Å². The molecule has 0 saturated heterocycles. The number of carbonyl (C=O) groups excluding carboxylic acids is 1. The van der Waals surface area contributed by atoms with Gasteiger partial charge in [-0.05, 0) is 58.2 Å². The van der Waals surface area contributed by atoms with Gasteiger partial charge >= 0.3 is 6.18 Å². The molecule has 1 amide bonds. The van der Waals surface area contributed by atoms with Crippen LogP contribution in [0.5, 0.6) is 0 Å². The van der Waals surface area contributed by atoms with E-state index < -0.39 is 29.4 Å². The lowest BCUT2D eigenvalue weighted by atomic mass is 10.0. The van der Waals surface area contributed by atoms with Crippen LogP contribution in [0.2, 0.25) is 0 Å². The van der Waals surface area contributed by atoms with Gasteiger partial charge in [0.25, 0.3) is 0 Å². The number of alkyl halides is 3. The van der Waals surface area contributed by atoms with Crippen LogP contribution < -0.4 is 16.6 Å². The summed E-state index contributed by atoms with van der Waals surface area (Å²) >= 11 is 0. The molecule has 0 aliphatic carbocycles. The maximum atomic E-state index is 13.4. The Labute approximate surface area is 209 Å². The number of rotatable bonds is 10. The number of aromatic nitrogens is 3. The maximum absolute atomic E-state index is 13.4. The Morgan fingerprint density at radius 1 is 1.31 bits per heavy atom. The first-order chi connectivity index (χ1) is 16.7. The molecule has 36 heavy (non-hydrogen) atoms. The minimum absolute atomic E-state index is 0.0638. The lowest BCUT2D eigenvalue weighted by Crippen LogP contribution is -2.52. The van der Waals surface area contributed by atoms with E-state index in [2.05, 4.69) is 15.4 Å². The molecule has 2 atom stereocenters. The van der Waals surface area contributed by atoms with Crippen LogP contribution in [0.1, 0.15) is 53.2 Å². The van der Waals surface area contributed by atoms with Gasteiger partial charge in [0, 0.05) is 37.1 Å². The van der Waals surface area contributed by atoms with Crippen molar-refractivity contribution in [3.8, 4) is 11.3 Å². The van der Waals surface area contributed by atoms with Crippen LogP contribution in [0.15, 0.2) is 45.8 Å². The number of nitrogens with two attached hydrogens (primary N) is 1. The number of amides is 1. The second-order valence-electron chi connectivity index (χ2n) is 9.52. The van der Waals surface area contributed by atoms with E-state index in [4.69, 9.17) is 5.73 Å². The number of nitrogens with one attached hydrogen (secondary N) is 1. The summed E-state index contributed by atoms with van der Waals surface area (Å²) in [4.78, 5) is 29.0. The Morgan fingerprint density at radius 3 is 2.53 bits per heavy atom. The first-order valence-corrected chi connectivity index (χ1v) is 11.7. The molecule has 0 radical (unpaired) electrons. The Kier molecular flexibility index (Phi) is 9.42. The van der Waals surface area contributed by atoms with Gasteiger partial charge in [0.1, 0.15) is 0 Å². The normalized spacial score (nSPS) is 14.8. The molecule has 0 aromatic carbocycles. The van der Waals surface area contributed by atoms with Crippen LogP contribution in [-0.4, -0.2) is 44.1 Å². The molecule has 198 valence electrons. The van der Waals surface area contributed by atoms with Gasteiger partial charge in [-0.25, -0.2) is 0 Å². The van der Waals surface area contributed by atoms with E-state index in [1.165, 1.54) is 34.6 Å². The van der Waals surface area contributed by atoms with Crippen molar-refractivity contribution in [1.29, 1.82) is 0 Å². The fraction of sp³-hybridized carbons (Fsp3) is 0.520. The summed E-state index contributed by atoms with van der Waals surface area (Å²) in [6, 6.07) is 2.93. The average molecular weight is 509 g/mol. The zero-order valence-corrected chi connectivity index (χ0v) is 21.6. The molecule has 0 aliphatic heterocycles. The average Bonchev–Trinajstić information content (AvgIpc) is 3.21. The lowest BCUT2D eigenvalue weighted by molar-refractivity contribution is -0.141. The van der Waals surface area contributed by atoms with Crippen LogP contribution in [-0.2, 0) is 24.6 Å². The minimum atomic E-state index is -4.66. The number of hydrogen-bond donors (Lipinski definition) is 2. The number of allylic oxidation sites excluding steroid dienone is 1. The van der Waals surface area contributed by atoms with Gasteiger partial charge < -0.3 is 15.6 Å². The van der Waals surface area contributed by atoms with Crippen molar-refractivity contribution in [2.24, 2.45) is 17.8 Å². The summed E-state index contributed by atoms with van der Waals surface area (Å²) in [5.41, 5.74) is 5.15. The topological polar surface area (TPSA) is 107 Å². The summed E-state index contributed by atoms with van der Waals surface area (Å²) in [6.07, 6.45) is 1.49. The second kappa shape index (κ2) is 11.7. The highest BCUT2D eigenvalue weighted by molar-refractivity contribution is 5.85. The first-order valence-electron chi connectivity index (χ1n) is 11.7. The summed E-state index contributed by atoms with van der Waals surface area (Å²) in [5.74, 6) is -0.442. The second-order valence-corrected chi connectivity index (χ2v) is 9.52. The quantitative estimate of drug-likeness (QED) is 0.477. The number of halogens is 3. The number of nitrogens with zero attached hydrogens (tertiary/aromatic N) is 4. The molecule has 0 aliphatic rings. The summed E-state index contributed by atoms with van der Waals surface area (Å²) < 4.78 is 42.8. The van der Waals surface area contributed by atoms with E-state index in [0.29, 0.717) is 5.56 Å². The largest absolute Gasteiger partial charge is 0.435 e. The van der Waals surface area contributed by atoms with Crippen LogP contribution in [0.25, 0.3) is 11.3 Å². The van der Waals surface area contributed by atoms with Crippen molar-refractivity contribution in [3.05, 3.63) is 52.1 Å². The summed E-state index contributed by atoms with van der Waals surface area (Å²) in [5, 5.41) is 6.58. The van der Waals surface area contributed by atoms with Gasteiger partial charge in [0.05, 0.1) is 23.8 Å². The molecular weight excluding hydrogens is 473 g/mol. The Balaban J connectivity index is 2.25. The van der Waals surface area contributed by atoms with Crippen molar-refractivity contribution in [3.63, 3.8) is 0 Å². The molecule has 0 spiro atoms. The van der Waals surface area contributed by atoms with Crippen molar-refractivity contribution < 1.29 is 18.0 Å². The van der Waals surface area contributed by atoms with E-state index in [1.807, 2.05) is 26.8 Å². The van der Waals surface area contributed by atoms with Crippen LogP contribution in [0.4, 0.5) is 13.2 Å². The third-order valence-electron chi connectivity index (χ3n) is 5.71. The molecule has 2 rings (SSSR count). The highest BCUT2D eigenvalue weighted by Crippen LogP contribution is 2.32. The highest BCUT2D eigenvalue weighted by atomic mass is 19.4. The zero-order valence-electron chi connectivity index (χ0n) is 21.6. The van der Waals surface area contributed by atoms with Crippen LogP contribution in [0.3, 0.4) is 0 Å². The zero-order chi connectivity index (χ0) is 27.3. The molecule has 0 saturated carbocycles. The van der Waals surface area contributed by atoms with Gasteiger partial charge in [-0.2, -0.15) is 18.3 Å². The Morgan fingerprint density at radius 2 is 1.97 bits per heavy atom. The number of hydrogen-bond acceptors (Lipinski definition) is 5. The molecule has 1 unspecified atom stereocenters. The van der Waals surface area contributed by atoms with E-state index in [9.17, 15) is 22.8 Å². The van der Waals surface area contributed by atoms with Crippen LogP contribution >= 0.6 is 0 Å². The maximum Gasteiger partial charge on any atom is 0.435 e. The monoisotopic (exact) mass is 508 g/mol. The molecular formula is C25H35F3N6O2. The summed E-state index contributed by atoms with van der Waals surface area (Å²) in [7, 11) is 1.51. The predicted octanol–water partition coefficient (Wildman–Crippen LogP) is 3.70. The van der Waals surface area contributed by atoms with Gasteiger partial charge in [-0.15, -0.1) is 0 Å². The number of aliphatic imine (C=N–C) groups is 1. The third-order valence-corrected chi connectivity index (χ3v) is 5.71. The fourth-order valence-corrected chi connectivity index (χ4v) is 3.41. The van der Waals surface area contributed by atoms with Crippen LogP contribution in [0, 0.1) is 0 Å². The van der Waals surface area contributed by atoms with Gasteiger partial charge in [0.2, 0.25) is 11.5 Å². The van der Waals surface area contributed by atoms with Gasteiger partial charge in [-0.3, -0.25) is 19.3 Å². The molecule has 8 nitrogen and oxygen atoms in total. The standard InChI is InChI=1S/C25H35F3N6O2/c1-7-16(3)30-13-17(8-2)11-19(29)23(36)31-24(4,5)15-34-20(12-21(32-34)25(26,27)28)18-9-10-22(35)33(6)14-18/h8-10,12-14,16,19H,7,11,15,29H2,1-6H3,(H,31,36)/b17-8-,30-13?/t16?,19-/m1/s1. The summed E-state index contributed by atoms with van der Waals surface area (Å²) in [6.45, 7) is 9.15. The van der Waals surface area contributed by atoms with Crippen molar-refractivity contribution >= 4 is 12.1 Å². The molecule has 3 N–H and O–H groups in total. The number of carbonyl (C=O) groups is 1. The SMILES string of the molecule is C/C=C(\C=NC(C)CC)C[C@@H](N)C(=O)NC(C)(C)Cn1nc(C(F)(F)F)cc1-c1ccc(=O)n(C)c1. The van der Waals surface area contributed by atoms with Crippen molar-refractivity contribution in [2.45, 2.75) is 77.8 Å².